The number of rotatable bonds is 5. The van der Waals surface area contributed by atoms with Crippen molar-refractivity contribution in [3.8, 4) is 0 Å². The molecule has 0 radical (unpaired) electrons. The van der Waals surface area contributed by atoms with Gasteiger partial charge in [-0.2, -0.15) is 0 Å². The second-order valence-corrected chi connectivity index (χ2v) is 5.46. The quantitative estimate of drug-likeness (QED) is 0.681. The van der Waals surface area contributed by atoms with Crippen LogP contribution < -0.4 is 16.8 Å². The molecule has 0 fully saturated rings. The van der Waals surface area contributed by atoms with Crippen LogP contribution in [0.5, 0.6) is 0 Å². The number of amides is 3. The van der Waals surface area contributed by atoms with Gasteiger partial charge in [-0.15, -0.1) is 0 Å². The molecule has 9 nitrogen and oxygen atoms in total. The summed E-state index contributed by atoms with van der Waals surface area (Å²) in [6.07, 6.45) is 0.617. The van der Waals surface area contributed by atoms with E-state index in [1.807, 2.05) is 0 Å². The minimum Gasteiger partial charge on any atom is -0.444 e. The fourth-order valence-corrected chi connectivity index (χ4v) is 1.52. The van der Waals surface area contributed by atoms with Crippen LogP contribution >= 0.6 is 0 Å². The van der Waals surface area contributed by atoms with Crippen molar-refractivity contribution in [2.75, 3.05) is 6.54 Å². The van der Waals surface area contributed by atoms with Gasteiger partial charge >= 0.3 is 6.09 Å². The Kier molecular flexibility index (Phi) is 5.39. The number of primary amides is 2. The maximum atomic E-state index is 11.5. The van der Waals surface area contributed by atoms with Crippen LogP contribution in [-0.2, 0) is 11.2 Å². The first-order chi connectivity index (χ1) is 10.1. The number of carbonyl (C=O) groups is 3. The molecule has 1 rings (SSSR count). The Labute approximate surface area is 127 Å². The smallest absolute Gasteiger partial charge is 0.407 e. The van der Waals surface area contributed by atoms with Gasteiger partial charge in [-0.1, -0.05) is 0 Å². The van der Waals surface area contributed by atoms with Gasteiger partial charge in [0.2, 0.25) is 0 Å². The molecule has 0 unspecified atom stereocenters. The van der Waals surface area contributed by atoms with E-state index in [0.717, 1.165) is 6.20 Å². The first kappa shape index (κ1) is 17.3. The topological polar surface area (TPSA) is 150 Å². The van der Waals surface area contributed by atoms with Gasteiger partial charge in [-0.25, -0.2) is 14.8 Å². The number of nitrogens with one attached hydrogen (secondary N) is 1. The first-order valence-corrected chi connectivity index (χ1v) is 6.52. The van der Waals surface area contributed by atoms with Crippen LogP contribution in [0.1, 0.15) is 47.4 Å². The number of carbonyl (C=O) groups excluding carboxylic acids is 3. The van der Waals surface area contributed by atoms with Crippen LogP contribution in [0.2, 0.25) is 0 Å². The van der Waals surface area contributed by atoms with Gasteiger partial charge in [0.05, 0.1) is 11.9 Å². The zero-order valence-corrected chi connectivity index (χ0v) is 12.7. The number of alkyl carbamates (subject to hydrolysis) is 1. The largest absolute Gasteiger partial charge is 0.444 e. The number of nitrogens with zero attached hydrogens (tertiary/aromatic N) is 2. The average molecular weight is 309 g/mol. The van der Waals surface area contributed by atoms with Gasteiger partial charge in [0.1, 0.15) is 17.0 Å². The van der Waals surface area contributed by atoms with Crippen LogP contribution in [0.25, 0.3) is 0 Å². The number of hydrogen-bond donors (Lipinski definition) is 3. The molecule has 3 amide bonds. The zero-order valence-electron chi connectivity index (χ0n) is 12.7. The van der Waals surface area contributed by atoms with Gasteiger partial charge in [0, 0.05) is 13.0 Å². The molecule has 0 aliphatic carbocycles. The maximum Gasteiger partial charge on any atom is 0.407 e. The molecule has 1 aromatic heterocycles. The number of nitrogens with two attached hydrogens (primary N) is 2. The van der Waals surface area contributed by atoms with E-state index in [1.54, 1.807) is 20.8 Å². The molecule has 1 heterocycles. The summed E-state index contributed by atoms with van der Waals surface area (Å²) in [5, 5.41) is 2.51. The Morgan fingerprint density at radius 1 is 1.23 bits per heavy atom. The molecule has 0 bridgehead atoms. The Balaban J connectivity index is 2.75. The van der Waals surface area contributed by atoms with Crippen molar-refractivity contribution in [1.82, 2.24) is 15.3 Å². The lowest BCUT2D eigenvalue weighted by molar-refractivity contribution is 0.0528. The van der Waals surface area contributed by atoms with Gasteiger partial charge < -0.3 is 21.5 Å². The standard InChI is InChI=1S/C13H19N5O4/c1-13(2,3)22-12(21)16-5-4-7-9(11(15)20)17-6-8(18-7)10(14)19/h6H,4-5H2,1-3H3,(H2,14,19)(H2,15,20)(H,16,21). The predicted octanol–water partition coefficient (Wildman–Crippen LogP) is -0.258. The highest BCUT2D eigenvalue weighted by Crippen LogP contribution is 2.07. The van der Waals surface area contributed by atoms with Crippen molar-refractivity contribution in [2.24, 2.45) is 11.5 Å². The van der Waals surface area contributed by atoms with E-state index in [9.17, 15) is 14.4 Å². The lowest BCUT2D eigenvalue weighted by atomic mass is 10.2. The minimum absolute atomic E-state index is 0.0732. The van der Waals surface area contributed by atoms with Crippen molar-refractivity contribution < 1.29 is 19.1 Å². The van der Waals surface area contributed by atoms with Crippen LogP contribution in [0, 0.1) is 0 Å². The lowest BCUT2D eigenvalue weighted by Crippen LogP contribution is -2.34. The van der Waals surface area contributed by atoms with Crippen molar-refractivity contribution in [2.45, 2.75) is 32.8 Å². The summed E-state index contributed by atoms with van der Waals surface area (Å²) in [6.45, 7) is 5.34. The molecular weight excluding hydrogens is 290 g/mol. The monoisotopic (exact) mass is 309 g/mol. The number of aromatic nitrogens is 2. The summed E-state index contributed by atoms with van der Waals surface area (Å²) in [7, 11) is 0. The molecule has 22 heavy (non-hydrogen) atoms. The van der Waals surface area contributed by atoms with Crippen molar-refractivity contribution >= 4 is 17.9 Å². The van der Waals surface area contributed by atoms with E-state index >= 15 is 0 Å². The van der Waals surface area contributed by atoms with E-state index in [4.69, 9.17) is 16.2 Å². The molecule has 0 aromatic carbocycles. The van der Waals surface area contributed by atoms with Crippen molar-refractivity contribution in [1.29, 1.82) is 0 Å². The maximum absolute atomic E-state index is 11.5. The molecular formula is C13H19N5O4. The highest BCUT2D eigenvalue weighted by molar-refractivity contribution is 5.94. The number of hydrogen-bond acceptors (Lipinski definition) is 6. The van der Waals surface area contributed by atoms with Crippen LogP contribution in [0.3, 0.4) is 0 Å². The Morgan fingerprint density at radius 2 is 1.86 bits per heavy atom. The highest BCUT2D eigenvalue weighted by Gasteiger charge is 2.17. The van der Waals surface area contributed by atoms with E-state index in [1.165, 1.54) is 0 Å². The summed E-state index contributed by atoms with van der Waals surface area (Å²) in [6, 6.07) is 0. The second kappa shape index (κ2) is 6.83. The van der Waals surface area contributed by atoms with E-state index in [0.29, 0.717) is 0 Å². The van der Waals surface area contributed by atoms with E-state index in [2.05, 4.69) is 15.3 Å². The summed E-state index contributed by atoms with van der Waals surface area (Å²) < 4.78 is 5.06. The number of ether oxygens (including phenoxy) is 1. The SMILES string of the molecule is CC(C)(C)OC(=O)NCCc1nc(C(N)=O)cnc1C(N)=O. The Hall–Kier alpha value is -2.71. The van der Waals surface area contributed by atoms with Gasteiger partial charge in [0.25, 0.3) is 11.8 Å². The van der Waals surface area contributed by atoms with Gasteiger partial charge in [-0.05, 0) is 20.8 Å². The molecule has 9 heteroatoms. The molecule has 0 atom stereocenters. The van der Waals surface area contributed by atoms with Crippen molar-refractivity contribution in [3.05, 3.63) is 23.3 Å². The summed E-state index contributed by atoms with van der Waals surface area (Å²) >= 11 is 0. The summed E-state index contributed by atoms with van der Waals surface area (Å²) in [4.78, 5) is 41.6. The molecule has 0 saturated heterocycles. The third-order valence-corrected chi connectivity index (χ3v) is 2.36. The summed E-state index contributed by atoms with van der Waals surface area (Å²) in [5.74, 6) is -1.55. The predicted molar refractivity (Wildman–Crippen MR) is 77.0 cm³/mol. The fraction of sp³-hybridized carbons (Fsp3) is 0.462. The fourth-order valence-electron chi connectivity index (χ4n) is 1.52. The minimum atomic E-state index is -0.782. The Bertz CT molecular complexity index is 595. The van der Waals surface area contributed by atoms with Crippen LogP contribution in [0.4, 0.5) is 4.79 Å². The first-order valence-electron chi connectivity index (χ1n) is 6.52. The third kappa shape index (κ3) is 5.35. The van der Waals surface area contributed by atoms with Gasteiger partial charge in [0.15, 0.2) is 0 Å². The molecule has 0 saturated carbocycles. The lowest BCUT2D eigenvalue weighted by Gasteiger charge is -2.19. The zero-order chi connectivity index (χ0) is 16.9. The molecule has 5 N–H and O–H groups in total. The van der Waals surface area contributed by atoms with E-state index in [-0.39, 0.29) is 30.0 Å². The third-order valence-electron chi connectivity index (χ3n) is 2.36. The van der Waals surface area contributed by atoms with E-state index < -0.39 is 23.5 Å². The second-order valence-electron chi connectivity index (χ2n) is 5.46. The molecule has 120 valence electrons. The van der Waals surface area contributed by atoms with Gasteiger partial charge in [-0.3, -0.25) is 9.59 Å². The molecule has 0 spiro atoms. The molecule has 1 aromatic rings. The Morgan fingerprint density at radius 3 is 2.36 bits per heavy atom. The van der Waals surface area contributed by atoms with Crippen LogP contribution in [0.15, 0.2) is 6.20 Å². The summed E-state index contributed by atoms with van der Waals surface area (Å²) in [5.41, 5.74) is 9.70. The molecule has 0 aliphatic heterocycles. The van der Waals surface area contributed by atoms with Crippen molar-refractivity contribution in [3.63, 3.8) is 0 Å². The highest BCUT2D eigenvalue weighted by atomic mass is 16.6. The average Bonchev–Trinajstić information content (AvgIpc) is 2.35. The molecule has 0 aliphatic rings. The van der Waals surface area contributed by atoms with Crippen LogP contribution in [-0.4, -0.2) is 40.0 Å². The normalized spacial score (nSPS) is 10.9.